The van der Waals surface area contributed by atoms with E-state index in [4.69, 9.17) is 23.2 Å². The topological polar surface area (TPSA) is 52.7 Å². The van der Waals surface area contributed by atoms with Crippen molar-refractivity contribution in [3.05, 3.63) is 58.1 Å². The molecule has 29 heavy (non-hydrogen) atoms. The zero-order chi connectivity index (χ0) is 21.0. The number of nitrogens with one attached hydrogen (secondary N) is 1. The molecular weight excluding hydrogens is 409 g/mol. The van der Waals surface area contributed by atoms with Gasteiger partial charge in [0.15, 0.2) is 0 Å². The van der Waals surface area contributed by atoms with Crippen LogP contribution in [0, 0.1) is 5.92 Å². The average Bonchev–Trinajstić information content (AvgIpc) is 2.68. The van der Waals surface area contributed by atoms with Crippen LogP contribution < -0.4 is 10.2 Å². The Morgan fingerprint density at radius 3 is 2.24 bits per heavy atom. The van der Waals surface area contributed by atoms with Crippen molar-refractivity contribution in [1.82, 2.24) is 4.90 Å². The van der Waals surface area contributed by atoms with Crippen LogP contribution in [0.4, 0.5) is 11.4 Å². The van der Waals surface area contributed by atoms with Crippen molar-refractivity contribution < 1.29 is 9.59 Å². The molecule has 7 heteroatoms. The molecule has 1 N–H and O–H groups in total. The van der Waals surface area contributed by atoms with Gasteiger partial charge in [-0.3, -0.25) is 9.59 Å². The third kappa shape index (κ3) is 5.64. The van der Waals surface area contributed by atoms with E-state index in [1.807, 2.05) is 29.2 Å². The Morgan fingerprint density at radius 1 is 1.00 bits per heavy atom. The minimum Gasteiger partial charge on any atom is -0.368 e. The lowest BCUT2D eigenvalue weighted by molar-refractivity contribution is -0.132. The smallest absolute Gasteiger partial charge is 0.257 e. The summed E-state index contributed by atoms with van der Waals surface area (Å²) in [6.45, 7) is 7.20. The van der Waals surface area contributed by atoms with Crippen LogP contribution in [0.25, 0.3) is 0 Å². The lowest BCUT2D eigenvalue weighted by atomic mass is 10.1. The second-order valence-electron chi connectivity index (χ2n) is 7.59. The highest BCUT2D eigenvalue weighted by Gasteiger charge is 2.21. The molecule has 2 aromatic carbocycles. The quantitative estimate of drug-likeness (QED) is 0.725. The summed E-state index contributed by atoms with van der Waals surface area (Å²) in [7, 11) is 0. The molecule has 0 aliphatic carbocycles. The van der Waals surface area contributed by atoms with Gasteiger partial charge >= 0.3 is 0 Å². The van der Waals surface area contributed by atoms with Crippen LogP contribution >= 0.6 is 23.2 Å². The number of anilines is 2. The number of carbonyl (C=O) groups is 2. The van der Waals surface area contributed by atoms with Gasteiger partial charge in [-0.1, -0.05) is 37.0 Å². The first-order chi connectivity index (χ1) is 13.8. The van der Waals surface area contributed by atoms with Gasteiger partial charge in [-0.25, -0.2) is 0 Å². The van der Waals surface area contributed by atoms with Crippen molar-refractivity contribution >= 4 is 46.4 Å². The second kappa shape index (κ2) is 9.51. The molecular formula is C22H25Cl2N3O2. The molecule has 1 saturated heterocycles. The van der Waals surface area contributed by atoms with E-state index >= 15 is 0 Å². The average molecular weight is 434 g/mol. The lowest BCUT2D eigenvalue weighted by Gasteiger charge is -2.36. The fraction of sp³-hybridized carbons (Fsp3) is 0.364. The van der Waals surface area contributed by atoms with Gasteiger partial charge in [0.25, 0.3) is 5.91 Å². The number of halogens is 2. The molecule has 154 valence electrons. The van der Waals surface area contributed by atoms with Crippen LogP contribution in [-0.2, 0) is 4.79 Å². The van der Waals surface area contributed by atoms with E-state index < -0.39 is 0 Å². The van der Waals surface area contributed by atoms with Gasteiger partial charge in [0.05, 0.1) is 10.6 Å². The van der Waals surface area contributed by atoms with Gasteiger partial charge < -0.3 is 15.1 Å². The summed E-state index contributed by atoms with van der Waals surface area (Å²) < 4.78 is 0. The molecule has 0 atom stereocenters. The van der Waals surface area contributed by atoms with Crippen molar-refractivity contribution in [3.63, 3.8) is 0 Å². The predicted molar refractivity (Wildman–Crippen MR) is 119 cm³/mol. The number of nitrogens with zero attached hydrogens (tertiary/aromatic N) is 2. The first-order valence-corrected chi connectivity index (χ1v) is 10.5. The van der Waals surface area contributed by atoms with Crippen molar-refractivity contribution in [1.29, 1.82) is 0 Å². The maximum absolute atomic E-state index is 12.4. The van der Waals surface area contributed by atoms with E-state index in [1.54, 1.807) is 18.2 Å². The zero-order valence-electron chi connectivity index (χ0n) is 16.6. The second-order valence-corrected chi connectivity index (χ2v) is 8.43. The summed E-state index contributed by atoms with van der Waals surface area (Å²) in [5.41, 5.74) is 2.14. The van der Waals surface area contributed by atoms with Gasteiger partial charge in [-0.2, -0.15) is 0 Å². The van der Waals surface area contributed by atoms with Gasteiger partial charge in [0, 0.05) is 49.0 Å². The number of hydrogen-bond donors (Lipinski definition) is 1. The standard InChI is InChI=1S/C22H25Cl2N3O2/c1-15(2)13-21(28)27-11-9-26(10-12-27)18-6-4-17(5-7-18)25-22(29)19-8-3-16(23)14-20(19)24/h3-8,14-15H,9-13H2,1-2H3,(H,25,29). The Labute approximate surface area is 181 Å². The minimum atomic E-state index is -0.281. The summed E-state index contributed by atoms with van der Waals surface area (Å²) in [4.78, 5) is 28.8. The van der Waals surface area contributed by atoms with Gasteiger partial charge in [-0.05, 0) is 48.4 Å². The Kier molecular flexibility index (Phi) is 7.04. The molecule has 0 saturated carbocycles. The number of hydrogen-bond acceptors (Lipinski definition) is 3. The van der Waals surface area contributed by atoms with Crippen molar-refractivity contribution in [2.75, 3.05) is 36.4 Å². The van der Waals surface area contributed by atoms with E-state index in [0.717, 1.165) is 31.9 Å². The molecule has 0 spiro atoms. The number of carbonyl (C=O) groups excluding carboxylic acids is 2. The van der Waals surface area contributed by atoms with Gasteiger partial charge in [0.1, 0.15) is 0 Å². The molecule has 2 aromatic rings. The third-order valence-corrected chi connectivity index (χ3v) is 5.43. The van der Waals surface area contributed by atoms with Crippen molar-refractivity contribution in [2.45, 2.75) is 20.3 Å². The number of piperazine rings is 1. The Balaban J connectivity index is 1.57. The highest BCUT2D eigenvalue weighted by molar-refractivity contribution is 6.37. The van der Waals surface area contributed by atoms with Gasteiger partial charge in [0.2, 0.25) is 5.91 Å². The number of rotatable bonds is 5. The van der Waals surface area contributed by atoms with E-state index in [9.17, 15) is 9.59 Å². The zero-order valence-corrected chi connectivity index (χ0v) is 18.1. The van der Waals surface area contributed by atoms with Crippen LogP contribution in [0.15, 0.2) is 42.5 Å². The fourth-order valence-electron chi connectivity index (χ4n) is 3.32. The molecule has 0 aromatic heterocycles. The monoisotopic (exact) mass is 433 g/mol. The van der Waals surface area contributed by atoms with E-state index in [0.29, 0.717) is 33.6 Å². The highest BCUT2D eigenvalue weighted by Crippen LogP contribution is 2.24. The van der Waals surface area contributed by atoms with Crippen LogP contribution in [-0.4, -0.2) is 42.9 Å². The molecule has 0 unspecified atom stereocenters. The Bertz CT molecular complexity index is 876. The van der Waals surface area contributed by atoms with Gasteiger partial charge in [-0.15, -0.1) is 0 Å². The number of amides is 2. The molecule has 1 fully saturated rings. The molecule has 1 aliphatic rings. The summed E-state index contributed by atoms with van der Waals surface area (Å²) in [6, 6.07) is 12.5. The van der Waals surface area contributed by atoms with Crippen LogP contribution in [0.2, 0.25) is 10.0 Å². The fourth-order valence-corrected chi connectivity index (χ4v) is 3.81. The van der Waals surface area contributed by atoms with Crippen LogP contribution in [0.5, 0.6) is 0 Å². The Morgan fingerprint density at radius 2 is 1.66 bits per heavy atom. The molecule has 1 aliphatic heterocycles. The molecule has 2 amide bonds. The summed E-state index contributed by atoms with van der Waals surface area (Å²) in [6.07, 6.45) is 0.603. The maximum atomic E-state index is 12.4. The molecule has 0 bridgehead atoms. The predicted octanol–water partition coefficient (Wildman–Crippen LogP) is 4.94. The summed E-state index contributed by atoms with van der Waals surface area (Å²) in [5.74, 6) is 0.335. The van der Waals surface area contributed by atoms with Crippen LogP contribution in [0.1, 0.15) is 30.6 Å². The normalized spacial score (nSPS) is 14.2. The summed E-state index contributed by atoms with van der Waals surface area (Å²) >= 11 is 12.0. The van der Waals surface area contributed by atoms with Crippen molar-refractivity contribution in [2.24, 2.45) is 5.92 Å². The first-order valence-electron chi connectivity index (χ1n) is 9.72. The largest absolute Gasteiger partial charge is 0.368 e. The SMILES string of the molecule is CC(C)CC(=O)N1CCN(c2ccc(NC(=O)c3ccc(Cl)cc3Cl)cc2)CC1. The molecule has 3 rings (SSSR count). The molecule has 5 nitrogen and oxygen atoms in total. The minimum absolute atomic E-state index is 0.235. The highest BCUT2D eigenvalue weighted by atomic mass is 35.5. The number of benzene rings is 2. The Hall–Kier alpha value is -2.24. The maximum Gasteiger partial charge on any atom is 0.257 e. The van der Waals surface area contributed by atoms with E-state index in [1.165, 1.54) is 0 Å². The molecule has 0 radical (unpaired) electrons. The third-order valence-electron chi connectivity index (χ3n) is 4.88. The lowest BCUT2D eigenvalue weighted by Crippen LogP contribution is -2.49. The van der Waals surface area contributed by atoms with E-state index in [-0.39, 0.29) is 11.8 Å². The van der Waals surface area contributed by atoms with Crippen LogP contribution in [0.3, 0.4) is 0 Å². The summed E-state index contributed by atoms with van der Waals surface area (Å²) in [5, 5.41) is 3.65. The molecule has 1 heterocycles. The first kappa shape index (κ1) is 21.5. The van der Waals surface area contributed by atoms with E-state index in [2.05, 4.69) is 24.1 Å². The van der Waals surface area contributed by atoms with Crippen molar-refractivity contribution in [3.8, 4) is 0 Å².